The van der Waals surface area contributed by atoms with E-state index in [2.05, 4.69) is 23.5 Å². The minimum absolute atomic E-state index is 0.0545. The largest absolute Gasteiger partial charge is 0.390 e. The van der Waals surface area contributed by atoms with E-state index in [4.69, 9.17) is 0 Å². The highest BCUT2D eigenvalue weighted by atomic mass is 32.2. The molecule has 1 aliphatic heterocycles. The van der Waals surface area contributed by atoms with Gasteiger partial charge in [-0.2, -0.15) is 0 Å². The first-order valence-corrected chi connectivity index (χ1v) is 11.6. The van der Waals surface area contributed by atoms with Gasteiger partial charge in [0.05, 0.1) is 11.0 Å². The molecule has 2 N–H and O–H groups in total. The number of β-amino-alcohol motifs (C(OH)–C–C–N with tert-alkyl or cyclic N) is 1. The molecule has 0 saturated carbocycles. The molecule has 1 heterocycles. The lowest BCUT2D eigenvalue weighted by atomic mass is 9.97. The van der Waals surface area contributed by atoms with Crippen molar-refractivity contribution in [3.05, 3.63) is 42.0 Å². The third-order valence-corrected chi connectivity index (χ3v) is 7.34. The van der Waals surface area contributed by atoms with Crippen molar-refractivity contribution in [1.82, 2.24) is 9.62 Å². The first-order chi connectivity index (χ1) is 13.7. The number of carbonyl (C=O) groups excluding carboxylic acids is 1. The van der Waals surface area contributed by atoms with Crippen LogP contribution in [0.1, 0.15) is 50.4 Å². The van der Waals surface area contributed by atoms with Gasteiger partial charge in [-0.3, -0.25) is 9.69 Å². The molecule has 1 fully saturated rings. The number of fused-ring (bicyclic) bond motifs is 1. The fourth-order valence-corrected chi connectivity index (χ4v) is 5.54. The van der Waals surface area contributed by atoms with Gasteiger partial charge in [0.25, 0.3) is 0 Å². The molecule has 29 heavy (non-hydrogen) atoms. The van der Waals surface area contributed by atoms with Gasteiger partial charge in [-0.1, -0.05) is 36.8 Å². The van der Waals surface area contributed by atoms with E-state index in [9.17, 15) is 18.3 Å². The van der Waals surface area contributed by atoms with Crippen molar-refractivity contribution in [1.29, 1.82) is 0 Å². The summed E-state index contributed by atoms with van der Waals surface area (Å²) in [6.45, 7) is 6.15. The van der Waals surface area contributed by atoms with Crippen LogP contribution in [0.5, 0.6) is 0 Å². The first kappa shape index (κ1) is 21.9. The SMILES string of the molecule is CC(=O)c1cccc2c(S(=O)(=O)NC[C@H](O)CN3[C@H](C)CCC[C@@H]3C)cccc12. The molecule has 3 rings (SSSR count). The number of nitrogens with zero attached hydrogens (tertiary/aromatic N) is 1. The van der Waals surface area contributed by atoms with Gasteiger partial charge in [0, 0.05) is 36.1 Å². The number of ketones is 1. The molecule has 0 spiro atoms. The molecule has 0 amide bonds. The number of aliphatic hydroxyl groups is 1. The summed E-state index contributed by atoms with van der Waals surface area (Å²) in [7, 11) is -3.83. The summed E-state index contributed by atoms with van der Waals surface area (Å²) in [5, 5.41) is 11.6. The van der Waals surface area contributed by atoms with Crippen molar-refractivity contribution in [2.45, 2.75) is 63.1 Å². The number of benzene rings is 2. The standard InChI is InChI=1S/C22H30N2O4S/c1-15-7-4-8-16(2)24(15)14-18(26)13-23-29(27,28)22-12-6-10-20-19(17(3)25)9-5-11-21(20)22/h5-6,9-12,15-16,18,23,26H,4,7-8,13-14H2,1-3H3/t15-,16+,18-/m0/s1. The number of aliphatic hydroxyl groups excluding tert-OH is 1. The summed E-state index contributed by atoms with van der Waals surface area (Å²) in [5.74, 6) is -0.113. The highest BCUT2D eigenvalue weighted by Crippen LogP contribution is 2.26. The van der Waals surface area contributed by atoms with E-state index in [-0.39, 0.29) is 17.2 Å². The zero-order valence-electron chi connectivity index (χ0n) is 17.3. The second kappa shape index (κ2) is 8.92. The average molecular weight is 419 g/mol. The number of likely N-dealkylation sites (tertiary alicyclic amines) is 1. The fourth-order valence-electron chi connectivity index (χ4n) is 4.25. The summed E-state index contributed by atoms with van der Waals surface area (Å²) in [4.78, 5) is 14.2. The zero-order chi connectivity index (χ0) is 21.2. The van der Waals surface area contributed by atoms with Crippen molar-refractivity contribution in [3.8, 4) is 0 Å². The van der Waals surface area contributed by atoms with Gasteiger partial charge >= 0.3 is 0 Å². The normalized spacial score (nSPS) is 21.9. The number of hydrogen-bond acceptors (Lipinski definition) is 5. The monoisotopic (exact) mass is 418 g/mol. The van der Waals surface area contributed by atoms with Crippen molar-refractivity contribution in [2.24, 2.45) is 0 Å². The Morgan fingerprint density at radius 3 is 2.41 bits per heavy atom. The van der Waals surface area contributed by atoms with E-state index in [0.717, 1.165) is 12.8 Å². The van der Waals surface area contributed by atoms with Crippen LogP contribution in [-0.4, -0.2) is 55.5 Å². The highest BCUT2D eigenvalue weighted by molar-refractivity contribution is 7.89. The van der Waals surface area contributed by atoms with E-state index >= 15 is 0 Å². The number of Topliss-reactive ketones (excluding diaryl/α,β-unsaturated/α-hetero) is 1. The third-order valence-electron chi connectivity index (χ3n) is 5.86. The summed E-state index contributed by atoms with van der Waals surface area (Å²) >= 11 is 0. The Kier molecular flexibility index (Phi) is 6.73. The molecule has 7 heteroatoms. The maximum absolute atomic E-state index is 12.9. The van der Waals surface area contributed by atoms with Gasteiger partial charge in [0.1, 0.15) is 0 Å². The Hall–Kier alpha value is -1.80. The maximum atomic E-state index is 12.9. The van der Waals surface area contributed by atoms with Gasteiger partial charge in [-0.05, 0) is 45.1 Å². The zero-order valence-corrected chi connectivity index (χ0v) is 18.1. The Morgan fingerprint density at radius 1 is 1.14 bits per heavy atom. The van der Waals surface area contributed by atoms with Crippen molar-refractivity contribution >= 4 is 26.6 Å². The Balaban J connectivity index is 1.76. The second-order valence-corrected chi connectivity index (χ2v) is 9.78. The van der Waals surface area contributed by atoms with Gasteiger partial charge < -0.3 is 5.11 Å². The summed E-state index contributed by atoms with van der Waals surface area (Å²) in [5.41, 5.74) is 0.493. The molecule has 1 aliphatic rings. The molecule has 0 aromatic heterocycles. The van der Waals surface area contributed by atoms with E-state index in [1.54, 1.807) is 30.3 Å². The number of carbonyl (C=O) groups is 1. The van der Waals surface area contributed by atoms with Gasteiger partial charge in [-0.25, -0.2) is 13.1 Å². The molecular weight excluding hydrogens is 388 g/mol. The number of piperidine rings is 1. The van der Waals surface area contributed by atoms with Crippen LogP contribution in [0, 0.1) is 0 Å². The van der Waals surface area contributed by atoms with Crippen LogP contribution in [-0.2, 0) is 10.0 Å². The predicted octanol–water partition coefficient (Wildman–Crippen LogP) is 2.94. The fraction of sp³-hybridized carbons (Fsp3) is 0.500. The van der Waals surface area contributed by atoms with E-state index < -0.39 is 16.1 Å². The third kappa shape index (κ3) is 4.86. The smallest absolute Gasteiger partial charge is 0.241 e. The topological polar surface area (TPSA) is 86.7 Å². The minimum atomic E-state index is -3.83. The molecule has 2 aromatic carbocycles. The lowest BCUT2D eigenvalue weighted by Gasteiger charge is -2.40. The van der Waals surface area contributed by atoms with Crippen LogP contribution in [0.3, 0.4) is 0 Å². The summed E-state index contributed by atoms with van der Waals surface area (Å²) < 4.78 is 28.4. The molecule has 0 bridgehead atoms. The van der Waals surface area contributed by atoms with Crippen LogP contribution in [0.2, 0.25) is 0 Å². The molecule has 0 aliphatic carbocycles. The first-order valence-electron chi connectivity index (χ1n) is 10.2. The minimum Gasteiger partial charge on any atom is -0.390 e. The number of nitrogens with one attached hydrogen (secondary N) is 1. The van der Waals surface area contributed by atoms with Crippen LogP contribution < -0.4 is 4.72 Å². The molecular formula is C22H30N2O4S. The van der Waals surface area contributed by atoms with Crippen molar-refractivity contribution < 1.29 is 18.3 Å². The molecule has 158 valence electrons. The maximum Gasteiger partial charge on any atom is 0.241 e. The van der Waals surface area contributed by atoms with E-state index in [0.29, 0.717) is 35.0 Å². The Bertz CT molecular complexity index is 979. The number of sulfonamides is 1. The number of rotatable bonds is 7. The average Bonchev–Trinajstić information content (AvgIpc) is 2.68. The summed E-state index contributed by atoms with van der Waals surface area (Å²) in [6, 6.07) is 10.8. The Morgan fingerprint density at radius 2 is 1.76 bits per heavy atom. The van der Waals surface area contributed by atoms with Crippen LogP contribution in [0.4, 0.5) is 0 Å². The van der Waals surface area contributed by atoms with Gasteiger partial charge in [0.2, 0.25) is 10.0 Å². The molecule has 0 unspecified atom stereocenters. The van der Waals surface area contributed by atoms with Crippen LogP contribution in [0.25, 0.3) is 10.8 Å². The predicted molar refractivity (Wildman–Crippen MR) is 115 cm³/mol. The van der Waals surface area contributed by atoms with Gasteiger partial charge in [0.15, 0.2) is 5.78 Å². The van der Waals surface area contributed by atoms with Crippen molar-refractivity contribution in [2.75, 3.05) is 13.1 Å². The van der Waals surface area contributed by atoms with Crippen LogP contribution >= 0.6 is 0 Å². The summed E-state index contributed by atoms with van der Waals surface area (Å²) in [6.07, 6.45) is 2.58. The highest BCUT2D eigenvalue weighted by Gasteiger charge is 2.27. The van der Waals surface area contributed by atoms with Crippen LogP contribution in [0.15, 0.2) is 41.3 Å². The quantitative estimate of drug-likeness (QED) is 0.675. The lowest BCUT2D eigenvalue weighted by molar-refractivity contribution is 0.0438. The molecule has 6 nitrogen and oxygen atoms in total. The van der Waals surface area contributed by atoms with E-state index in [1.165, 1.54) is 19.4 Å². The lowest BCUT2D eigenvalue weighted by Crippen LogP contribution is -2.49. The molecule has 0 radical (unpaired) electrons. The van der Waals surface area contributed by atoms with Gasteiger partial charge in [-0.15, -0.1) is 0 Å². The molecule has 3 atom stereocenters. The molecule has 2 aromatic rings. The molecule has 1 saturated heterocycles. The Labute approximate surface area is 173 Å². The van der Waals surface area contributed by atoms with Crippen molar-refractivity contribution in [3.63, 3.8) is 0 Å². The van der Waals surface area contributed by atoms with E-state index in [1.807, 2.05) is 0 Å². The second-order valence-electron chi connectivity index (χ2n) is 8.04. The number of hydrogen-bond donors (Lipinski definition) is 2.